The fourth-order valence-corrected chi connectivity index (χ4v) is 3.74. The van der Waals surface area contributed by atoms with Gasteiger partial charge in [0.15, 0.2) is 0 Å². The molecule has 0 saturated heterocycles. The van der Waals surface area contributed by atoms with Crippen molar-refractivity contribution in [2.75, 3.05) is 13.2 Å². The number of halogens is 2. The summed E-state index contributed by atoms with van der Waals surface area (Å²) in [6.07, 6.45) is 0.0899. The van der Waals surface area contributed by atoms with Crippen LogP contribution >= 0.6 is 31.9 Å². The molecule has 18 heavy (non-hydrogen) atoms. The zero-order valence-corrected chi connectivity index (χ0v) is 14.1. The standard InChI is InChI=1S/C11H15Br2NO3S/c1-8(2)17-6-5-14-18(15,16)11-7-9(12)3-4-10(11)13/h3-4,7-8,14H,5-6H2,1-2H3. The molecule has 0 amide bonds. The average molecular weight is 401 g/mol. The van der Waals surface area contributed by atoms with Crippen LogP contribution in [0.15, 0.2) is 32.0 Å². The van der Waals surface area contributed by atoms with Crippen LogP contribution in [0.25, 0.3) is 0 Å². The topological polar surface area (TPSA) is 55.4 Å². The third kappa shape index (κ3) is 4.97. The van der Waals surface area contributed by atoms with Crippen molar-refractivity contribution in [2.45, 2.75) is 24.8 Å². The molecule has 1 N–H and O–H groups in total. The summed E-state index contributed by atoms with van der Waals surface area (Å²) >= 11 is 6.48. The number of hydrogen-bond donors (Lipinski definition) is 1. The zero-order valence-electron chi connectivity index (χ0n) is 10.1. The van der Waals surface area contributed by atoms with E-state index in [-0.39, 0.29) is 17.5 Å². The number of rotatable bonds is 6. The Balaban J connectivity index is 2.71. The molecule has 0 unspecified atom stereocenters. The molecule has 7 heteroatoms. The molecule has 0 radical (unpaired) electrons. The number of nitrogens with one attached hydrogen (secondary N) is 1. The van der Waals surface area contributed by atoms with Crippen molar-refractivity contribution in [1.82, 2.24) is 4.72 Å². The lowest BCUT2D eigenvalue weighted by Crippen LogP contribution is -2.28. The Morgan fingerprint density at radius 2 is 2.00 bits per heavy atom. The normalized spacial score (nSPS) is 12.1. The maximum atomic E-state index is 12.0. The van der Waals surface area contributed by atoms with Gasteiger partial charge in [0, 0.05) is 15.5 Å². The van der Waals surface area contributed by atoms with E-state index in [1.807, 2.05) is 13.8 Å². The monoisotopic (exact) mass is 399 g/mol. The van der Waals surface area contributed by atoms with Gasteiger partial charge in [0.1, 0.15) is 0 Å². The van der Waals surface area contributed by atoms with Gasteiger partial charge in [-0.1, -0.05) is 15.9 Å². The Morgan fingerprint density at radius 1 is 1.33 bits per heavy atom. The first-order valence-electron chi connectivity index (χ1n) is 5.39. The lowest BCUT2D eigenvalue weighted by molar-refractivity contribution is 0.0834. The molecule has 4 nitrogen and oxygen atoms in total. The van der Waals surface area contributed by atoms with Gasteiger partial charge in [-0.3, -0.25) is 0 Å². The summed E-state index contributed by atoms with van der Waals surface area (Å²) < 4.78 is 33.1. The molecule has 0 fully saturated rings. The van der Waals surface area contributed by atoms with Gasteiger partial charge < -0.3 is 4.74 Å². The molecule has 0 spiro atoms. The Labute approximate surface area is 124 Å². The van der Waals surface area contributed by atoms with Crippen LogP contribution in [0.1, 0.15) is 13.8 Å². The maximum Gasteiger partial charge on any atom is 0.241 e. The fourth-order valence-electron chi connectivity index (χ4n) is 1.23. The van der Waals surface area contributed by atoms with Gasteiger partial charge in [0.25, 0.3) is 0 Å². The smallest absolute Gasteiger partial charge is 0.241 e. The van der Waals surface area contributed by atoms with Gasteiger partial charge in [0.2, 0.25) is 10.0 Å². The molecule has 1 rings (SSSR count). The Morgan fingerprint density at radius 3 is 2.61 bits per heavy atom. The van der Waals surface area contributed by atoms with Gasteiger partial charge in [-0.15, -0.1) is 0 Å². The van der Waals surface area contributed by atoms with Gasteiger partial charge >= 0.3 is 0 Å². The second kappa shape index (κ2) is 7.00. The molecule has 0 aliphatic carbocycles. The Kier molecular flexibility index (Phi) is 6.26. The van der Waals surface area contributed by atoms with Crippen molar-refractivity contribution in [3.05, 3.63) is 27.1 Å². The molecule has 0 bridgehead atoms. The molecule has 1 aromatic carbocycles. The molecule has 0 aromatic heterocycles. The first kappa shape index (κ1) is 16.1. The van der Waals surface area contributed by atoms with Crippen LogP contribution < -0.4 is 4.72 Å². The quantitative estimate of drug-likeness (QED) is 0.747. The SMILES string of the molecule is CC(C)OCCNS(=O)(=O)c1cc(Br)ccc1Br. The van der Waals surface area contributed by atoms with Crippen LogP contribution in [-0.2, 0) is 14.8 Å². The average Bonchev–Trinajstić information content (AvgIpc) is 2.27. The number of sulfonamides is 1. The zero-order chi connectivity index (χ0) is 13.8. The van der Waals surface area contributed by atoms with Gasteiger partial charge in [0.05, 0.1) is 17.6 Å². The lowest BCUT2D eigenvalue weighted by atomic mass is 10.4. The van der Waals surface area contributed by atoms with E-state index in [1.165, 1.54) is 0 Å². The molecular weight excluding hydrogens is 386 g/mol. The summed E-state index contributed by atoms with van der Waals surface area (Å²) in [5.41, 5.74) is 0. The highest BCUT2D eigenvalue weighted by atomic mass is 79.9. The van der Waals surface area contributed by atoms with E-state index in [0.717, 1.165) is 0 Å². The van der Waals surface area contributed by atoms with E-state index < -0.39 is 10.0 Å². The van der Waals surface area contributed by atoms with Crippen LogP contribution in [0.4, 0.5) is 0 Å². The first-order valence-corrected chi connectivity index (χ1v) is 8.46. The van der Waals surface area contributed by atoms with E-state index in [1.54, 1.807) is 18.2 Å². The van der Waals surface area contributed by atoms with Crippen molar-refractivity contribution in [1.29, 1.82) is 0 Å². The highest BCUT2D eigenvalue weighted by Gasteiger charge is 2.17. The third-order valence-corrected chi connectivity index (χ3v) is 4.98. The summed E-state index contributed by atoms with van der Waals surface area (Å²) in [4.78, 5) is 0.210. The predicted molar refractivity (Wildman–Crippen MR) is 78.1 cm³/mol. The number of hydrogen-bond acceptors (Lipinski definition) is 3. The summed E-state index contributed by atoms with van der Waals surface area (Å²) in [6, 6.07) is 5.00. The maximum absolute atomic E-state index is 12.0. The van der Waals surface area contributed by atoms with Crippen LogP contribution in [0.3, 0.4) is 0 Å². The molecule has 0 heterocycles. The second-order valence-electron chi connectivity index (χ2n) is 3.89. The molecule has 0 aliphatic heterocycles. The van der Waals surface area contributed by atoms with E-state index in [0.29, 0.717) is 15.6 Å². The summed E-state index contributed by atoms with van der Waals surface area (Å²) in [7, 11) is -3.52. The van der Waals surface area contributed by atoms with Crippen molar-refractivity contribution in [3.63, 3.8) is 0 Å². The number of benzene rings is 1. The van der Waals surface area contributed by atoms with Crippen LogP contribution in [0.2, 0.25) is 0 Å². The highest BCUT2D eigenvalue weighted by molar-refractivity contribution is 9.11. The van der Waals surface area contributed by atoms with E-state index in [4.69, 9.17) is 4.74 Å². The van der Waals surface area contributed by atoms with Crippen LogP contribution in [0, 0.1) is 0 Å². The molecule has 0 aliphatic rings. The first-order chi connectivity index (χ1) is 8.33. The Bertz CT molecular complexity index is 503. The number of ether oxygens (including phenoxy) is 1. The van der Waals surface area contributed by atoms with Gasteiger partial charge in [-0.2, -0.15) is 0 Å². The molecule has 0 atom stereocenters. The van der Waals surface area contributed by atoms with Crippen molar-refractivity contribution < 1.29 is 13.2 Å². The van der Waals surface area contributed by atoms with Crippen LogP contribution in [0.5, 0.6) is 0 Å². The molecular formula is C11H15Br2NO3S. The van der Waals surface area contributed by atoms with E-state index in [2.05, 4.69) is 36.6 Å². The summed E-state index contributed by atoms with van der Waals surface area (Å²) in [5.74, 6) is 0. The second-order valence-corrected chi connectivity index (χ2v) is 7.40. The highest BCUT2D eigenvalue weighted by Crippen LogP contribution is 2.25. The summed E-state index contributed by atoms with van der Waals surface area (Å²) in [6.45, 7) is 4.40. The Hall–Kier alpha value is 0.0500. The van der Waals surface area contributed by atoms with Crippen LogP contribution in [-0.4, -0.2) is 27.7 Å². The minimum Gasteiger partial charge on any atom is -0.377 e. The molecule has 0 saturated carbocycles. The largest absolute Gasteiger partial charge is 0.377 e. The minimum atomic E-state index is -3.52. The molecule has 102 valence electrons. The fraction of sp³-hybridized carbons (Fsp3) is 0.455. The third-order valence-electron chi connectivity index (χ3n) is 2.03. The minimum absolute atomic E-state index is 0.0899. The van der Waals surface area contributed by atoms with E-state index >= 15 is 0 Å². The van der Waals surface area contributed by atoms with Crippen molar-refractivity contribution >= 4 is 41.9 Å². The predicted octanol–water partition coefficient (Wildman–Crippen LogP) is 2.91. The lowest BCUT2D eigenvalue weighted by Gasteiger charge is -2.10. The van der Waals surface area contributed by atoms with Crippen molar-refractivity contribution in [2.24, 2.45) is 0 Å². The summed E-state index contributed by atoms with van der Waals surface area (Å²) in [5, 5.41) is 0. The van der Waals surface area contributed by atoms with Crippen molar-refractivity contribution in [3.8, 4) is 0 Å². The van der Waals surface area contributed by atoms with Gasteiger partial charge in [-0.25, -0.2) is 13.1 Å². The van der Waals surface area contributed by atoms with Gasteiger partial charge in [-0.05, 0) is 48.0 Å². The molecule has 1 aromatic rings. The van der Waals surface area contributed by atoms with E-state index in [9.17, 15) is 8.42 Å².